The van der Waals surface area contributed by atoms with Crippen molar-refractivity contribution in [2.45, 2.75) is 6.92 Å². The predicted molar refractivity (Wildman–Crippen MR) is 104 cm³/mol. The van der Waals surface area contributed by atoms with Crippen LogP contribution in [-0.4, -0.2) is 25.7 Å². The van der Waals surface area contributed by atoms with Crippen LogP contribution in [0.2, 0.25) is 0 Å². The van der Waals surface area contributed by atoms with E-state index in [9.17, 15) is 9.59 Å². The molecule has 0 aliphatic carbocycles. The van der Waals surface area contributed by atoms with E-state index >= 15 is 0 Å². The first-order valence-electron chi connectivity index (χ1n) is 8.48. The van der Waals surface area contributed by atoms with E-state index in [1.54, 1.807) is 62.6 Å². The summed E-state index contributed by atoms with van der Waals surface area (Å²) in [6.45, 7) is 1.84. The number of carbonyl (C=O) groups excluding carboxylic acids is 2. The van der Waals surface area contributed by atoms with Crippen LogP contribution in [0.5, 0.6) is 11.5 Å². The molecule has 142 valence electrons. The number of carbonyl (C=O) groups is 2. The van der Waals surface area contributed by atoms with Crippen LogP contribution < -0.4 is 9.47 Å². The van der Waals surface area contributed by atoms with E-state index in [1.165, 1.54) is 12.2 Å². The Hall–Kier alpha value is -3.85. The van der Waals surface area contributed by atoms with Crippen molar-refractivity contribution in [1.29, 1.82) is 5.26 Å². The minimum absolute atomic E-state index is 0.135. The molecular formula is C22H19NO5. The van der Waals surface area contributed by atoms with Gasteiger partial charge in [0, 0.05) is 6.08 Å². The second kappa shape index (κ2) is 10.3. The molecule has 2 aromatic carbocycles. The normalized spacial score (nSPS) is 11.0. The van der Waals surface area contributed by atoms with Crippen molar-refractivity contribution < 1.29 is 23.8 Å². The molecule has 0 aromatic heterocycles. The number of benzene rings is 2. The zero-order chi connectivity index (χ0) is 20.4. The second-order valence-corrected chi connectivity index (χ2v) is 5.49. The Labute approximate surface area is 163 Å². The molecular weight excluding hydrogens is 358 g/mol. The lowest BCUT2D eigenvalue weighted by Gasteiger charge is -2.04. The number of ether oxygens (including phenoxy) is 3. The maximum absolute atomic E-state index is 12.0. The van der Waals surface area contributed by atoms with Crippen LogP contribution in [0.15, 0.2) is 60.2 Å². The lowest BCUT2D eigenvalue weighted by Crippen LogP contribution is -2.06. The van der Waals surface area contributed by atoms with Gasteiger partial charge in [0.15, 0.2) is 0 Å². The van der Waals surface area contributed by atoms with Crippen molar-refractivity contribution in [2.24, 2.45) is 0 Å². The topological polar surface area (TPSA) is 85.6 Å². The maximum atomic E-state index is 12.0. The molecule has 0 unspecified atom stereocenters. The van der Waals surface area contributed by atoms with Gasteiger partial charge in [-0.3, -0.25) is 0 Å². The number of rotatable bonds is 7. The van der Waals surface area contributed by atoms with Gasteiger partial charge in [-0.05, 0) is 54.5 Å². The van der Waals surface area contributed by atoms with E-state index in [2.05, 4.69) is 0 Å². The highest BCUT2D eigenvalue weighted by atomic mass is 16.5. The molecule has 0 aliphatic rings. The number of esters is 2. The van der Waals surface area contributed by atoms with Crippen LogP contribution in [0.25, 0.3) is 12.2 Å². The number of hydrogen-bond acceptors (Lipinski definition) is 6. The average Bonchev–Trinajstić information content (AvgIpc) is 2.71. The summed E-state index contributed by atoms with van der Waals surface area (Å²) in [5.74, 6) is -0.235. The zero-order valence-electron chi connectivity index (χ0n) is 15.5. The monoisotopic (exact) mass is 377 g/mol. The summed E-state index contributed by atoms with van der Waals surface area (Å²) >= 11 is 0. The summed E-state index contributed by atoms with van der Waals surface area (Å²) in [5.41, 5.74) is 1.22. The molecule has 0 N–H and O–H groups in total. The molecule has 28 heavy (non-hydrogen) atoms. The molecule has 0 atom stereocenters. The molecule has 0 heterocycles. The van der Waals surface area contributed by atoms with Crippen molar-refractivity contribution >= 4 is 24.1 Å². The molecule has 0 amide bonds. The second-order valence-electron chi connectivity index (χ2n) is 5.49. The largest absolute Gasteiger partial charge is 0.497 e. The van der Waals surface area contributed by atoms with Gasteiger partial charge in [-0.15, -0.1) is 0 Å². The zero-order valence-corrected chi connectivity index (χ0v) is 15.5. The molecule has 0 fully saturated rings. The SMILES string of the molecule is CCOC(=O)/C(C#N)=C/c1cccc(OC(=O)/C=C/c2ccc(OC)cc2)c1. The fourth-order valence-corrected chi connectivity index (χ4v) is 2.21. The molecule has 0 saturated heterocycles. The van der Waals surface area contributed by atoms with Crippen LogP contribution >= 0.6 is 0 Å². The van der Waals surface area contributed by atoms with Crippen LogP contribution in [-0.2, 0) is 14.3 Å². The Kier molecular flexibility index (Phi) is 7.55. The fraction of sp³-hybridized carbons (Fsp3) is 0.136. The molecule has 0 spiro atoms. The first kappa shape index (κ1) is 20.5. The van der Waals surface area contributed by atoms with Gasteiger partial charge < -0.3 is 14.2 Å². The first-order chi connectivity index (χ1) is 13.5. The quantitative estimate of drug-likeness (QED) is 0.316. The predicted octanol–water partition coefficient (Wildman–Crippen LogP) is 3.78. The molecule has 2 rings (SSSR count). The molecule has 0 bridgehead atoms. The van der Waals surface area contributed by atoms with E-state index in [0.29, 0.717) is 11.3 Å². The van der Waals surface area contributed by atoms with Gasteiger partial charge >= 0.3 is 11.9 Å². The van der Waals surface area contributed by atoms with Gasteiger partial charge in [0.1, 0.15) is 23.1 Å². The highest BCUT2D eigenvalue weighted by Crippen LogP contribution is 2.17. The van der Waals surface area contributed by atoms with Gasteiger partial charge in [0.2, 0.25) is 0 Å². The fourth-order valence-electron chi connectivity index (χ4n) is 2.21. The molecule has 0 radical (unpaired) electrons. The Bertz CT molecular complexity index is 936. The Morgan fingerprint density at radius 3 is 2.46 bits per heavy atom. The molecule has 6 heteroatoms. The van der Waals surface area contributed by atoms with Gasteiger partial charge in [-0.1, -0.05) is 24.3 Å². The lowest BCUT2D eigenvalue weighted by atomic mass is 10.1. The summed E-state index contributed by atoms with van der Waals surface area (Å²) in [6.07, 6.45) is 4.31. The highest BCUT2D eigenvalue weighted by Gasteiger charge is 2.10. The van der Waals surface area contributed by atoms with E-state index in [1.807, 2.05) is 12.1 Å². The summed E-state index contributed by atoms with van der Waals surface area (Å²) in [5, 5.41) is 9.09. The smallest absolute Gasteiger partial charge is 0.348 e. The minimum Gasteiger partial charge on any atom is -0.497 e. The average molecular weight is 377 g/mol. The van der Waals surface area contributed by atoms with Crippen LogP contribution in [0, 0.1) is 11.3 Å². The summed E-state index contributed by atoms with van der Waals surface area (Å²) in [4.78, 5) is 23.7. The number of nitriles is 1. The minimum atomic E-state index is -0.699. The van der Waals surface area contributed by atoms with Crippen molar-refractivity contribution in [3.63, 3.8) is 0 Å². The van der Waals surface area contributed by atoms with Gasteiger partial charge in [-0.2, -0.15) is 5.26 Å². The first-order valence-corrected chi connectivity index (χ1v) is 8.48. The summed E-state index contributed by atoms with van der Waals surface area (Å²) in [6, 6.07) is 15.5. The van der Waals surface area contributed by atoms with Gasteiger partial charge in [0.05, 0.1) is 13.7 Å². The summed E-state index contributed by atoms with van der Waals surface area (Å²) < 4.78 is 15.2. The van der Waals surface area contributed by atoms with E-state index in [4.69, 9.17) is 19.5 Å². The van der Waals surface area contributed by atoms with Gasteiger partial charge in [-0.25, -0.2) is 9.59 Å². The Morgan fingerprint density at radius 1 is 1.07 bits per heavy atom. The van der Waals surface area contributed by atoms with E-state index in [0.717, 1.165) is 11.3 Å². The number of hydrogen-bond donors (Lipinski definition) is 0. The van der Waals surface area contributed by atoms with Crippen molar-refractivity contribution in [2.75, 3.05) is 13.7 Å². The Morgan fingerprint density at radius 2 is 1.82 bits per heavy atom. The standard InChI is InChI=1S/C22H19NO5/c1-3-27-22(25)18(15-23)13-17-5-4-6-20(14-17)28-21(24)12-9-16-7-10-19(26-2)11-8-16/h4-14H,3H2,1-2H3/b12-9+,18-13+. The van der Waals surface area contributed by atoms with Crippen molar-refractivity contribution in [3.8, 4) is 17.6 Å². The molecule has 6 nitrogen and oxygen atoms in total. The molecule has 0 saturated carbocycles. The third kappa shape index (κ3) is 6.15. The summed E-state index contributed by atoms with van der Waals surface area (Å²) in [7, 11) is 1.58. The molecule has 0 aliphatic heterocycles. The number of nitrogens with zero attached hydrogens (tertiary/aromatic N) is 1. The van der Waals surface area contributed by atoms with Gasteiger partial charge in [0.25, 0.3) is 0 Å². The lowest BCUT2D eigenvalue weighted by molar-refractivity contribution is -0.138. The highest BCUT2D eigenvalue weighted by molar-refractivity contribution is 5.98. The third-order valence-electron chi connectivity index (χ3n) is 3.53. The molecule has 2 aromatic rings. The Balaban J connectivity index is 2.07. The van der Waals surface area contributed by atoms with Crippen molar-refractivity contribution in [1.82, 2.24) is 0 Å². The van der Waals surface area contributed by atoms with E-state index in [-0.39, 0.29) is 12.2 Å². The van der Waals surface area contributed by atoms with Crippen LogP contribution in [0.3, 0.4) is 0 Å². The maximum Gasteiger partial charge on any atom is 0.348 e. The van der Waals surface area contributed by atoms with E-state index < -0.39 is 11.9 Å². The third-order valence-corrected chi connectivity index (χ3v) is 3.53. The number of methoxy groups -OCH3 is 1. The van der Waals surface area contributed by atoms with Crippen LogP contribution in [0.4, 0.5) is 0 Å². The van der Waals surface area contributed by atoms with Crippen LogP contribution in [0.1, 0.15) is 18.1 Å². The van der Waals surface area contributed by atoms with Crippen molar-refractivity contribution in [3.05, 3.63) is 71.3 Å².